The predicted octanol–water partition coefficient (Wildman–Crippen LogP) is 2.31. The van der Waals surface area contributed by atoms with Crippen LogP contribution < -0.4 is 10.6 Å². The Bertz CT molecular complexity index is 634. The molecule has 1 aromatic heterocycles. The lowest BCUT2D eigenvalue weighted by Crippen LogP contribution is -2.38. The maximum atomic E-state index is 11.8. The van der Waals surface area contributed by atoms with E-state index in [0.29, 0.717) is 13.0 Å². The van der Waals surface area contributed by atoms with E-state index in [1.165, 1.54) is 0 Å². The van der Waals surface area contributed by atoms with Crippen LogP contribution in [-0.4, -0.2) is 33.3 Å². The molecule has 124 valence electrons. The summed E-state index contributed by atoms with van der Waals surface area (Å²) >= 11 is 0. The Morgan fingerprint density at radius 3 is 2.57 bits per heavy atom. The van der Waals surface area contributed by atoms with Crippen LogP contribution in [0.4, 0.5) is 4.79 Å². The van der Waals surface area contributed by atoms with Crippen molar-refractivity contribution in [3.8, 4) is 5.69 Å². The zero-order chi connectivity index (χ0) is 16.8. The summed E-state index contributed by atoms with van der Waals surface area (Å²) in [5, 5.41) is 14.8. The number of aliphatic hydroxyl groups excluding tert-OH is 1. The molecule has 23 heavy (non-hydrogen) atoms. The number of rotatable bonds is 6. The number of benzene rings is 1. The van der Waals surface area contributed by atoms with Crippen molar-refractivity contribution in [3.63, 3.8) is 0 Å². The number of aromatic nitrogens is 2. The Hall–Kier alpha value is -2.34. The summed E-state index contributed by atoms with van der Waals surface area (Å²) in [4.78, 5) is 16.0. The van der Waals surface area contributed by atoms with Gasteiger partial charge in [0.05, 0.1) is 12.1 Å². The average Bonchev–Trinajstić information content (AvgIpc) is 2.93. The Kier molecular flexibility index (Phi) is 5.76. The van der Waals surface area contributed by atoms with Gasteiger partial charge < -0.3 is 20.3 Å². The van der Waals surface area contributed by atoms with Gasteiger partial charge in [0.25, 0.3) is 0 Å². The predicted molar refractivity (Wildman–Crippen MR) is 89.5 cm³/mol. The van der Waals surface area contributed by atoms with E-state index < -0.39 is 6.10 Å². The summed E-state index contributed by atoms with van der Waals surface area (Å²) in [6, 6.07) is 7.68. The van der Waals surface area contributed by atoms with Crippen molar-refractivity contribution in [1.82, 2.24) is 20.2 Å². The summed E-state index contributed by atoms with van der Waals surface area (Å²) in [6.07, 6.45) is 3.82. The van der Waals surface area contributed by atoms with Gasteiger partial charge in [0.15, 0.2) is 0 Å². The smallest absolute Gasteiger partial charge is 0.315 e. The Morgan fingerprint density at radius 1 is 1.30 bits per heavy atom. The molecule has 1 aromatic carbocycles. The highest BCUT2D eigenvalue weighted by Gasteiger charge is 2.10. The molecule has 2 aromatic rings. The first-order valence-electron chi connectivity index (χ1n) is 7.80. The Morgan fingerprint density at radius 2 is 2.00 bits per heavy atom. The first-order chi connectivity index (χ1) is 11.0. The molecule has 0 aliphatic rings. The van der Waals surface area contributed by atoms with Crippen LogP contribution in [0.15, 0.2) is 36.7 Å². The molecule has 6 nitrogen and oxygen atoms in total. The van der Waals surface area contributed by atoms with Crippen molar-refractivity contribution in [2.75, 3.05) is 6.54 Å². The number of nitrogens with one attached hydrogen (secondary N) is 2. The van der Waals surface area contributed by atoms with Crippen LogP contribution in [0.2, 0.25) is 0 Å². The fraction of sp³-hybridized carbons (Fsp3) is 0.412. The third-order valence-electron chi connectivity index (χ3n) is 3.69. The van der Waals surface area contributed by atoms with Crippen molar-refractivity contribution in [2.24, 2.45) is 0 Å². The summed E-state index contributed by atoms with van der Waals surface area (Å²) in [5.41, 5.74) is 2.06. The monoisotopic (exact) mass is 316 g/mol. The molecule has 1 heterocycles. The molecule has 0 saturated heterocycles. The average molecular weight is 316 g/mol. The minimum Gasteiger partial charge on any atom is -0.393 e. The molecule has 2 amide bonds. The van der Waals surface area contributed by atoms with Crippen molar-refractivity contribution >= 4 is 6.03 Å². The Balaban J connectivity index is 1.91. The largest absolute Gasteiger partial charge is 0.393 e. The van der Waals surface area contributed by atoms with Gasteiger partial charge >= 0.3 is 6.03 Å². The standard InChI is InChI=1S/C17H24N4O2/c1-12(22)8-9-19-17(23)20-13(2)15-4-6-16(7-5-15)21-11-10-18-14(21)3/h4-7,10-13,22H,8-9H2,1-3H3,(H2,19,20,23). The number of hydrogen-bond donors (Lipinski definition) is 3. The first kappa shape index (κ1) is 17.0. The molecule has 0 aliphatic carbocycles. The van der Waals surface area contributed by atoms with Gasteiger partial charge in [-0.05, 0) is 44.9 Å². The fourth-order valence-electron chi connectivity index (χ4n) is 2.30. The van der Waals surface area contributed by atoms with Crippen LogP contribution in [0.3, 0.4) is 0 Å². The zero-order valence-corrected chi connectivity index (χ0v) is 13.8. The number of aliphatic hydroxyl groups is 1. The molecule has 0 saturated carbocycles. The fourth-order valence-corrected chi connectivity index (χ4v) is 2.30. The minimum atomic E-state index is -0.410. The highest BCUT2D eigenvalue weighted by molar-refractivity contribution is 5.74. The van der Waals surface area contributed by atoms with Gasteiger partial charge in [-0.15, -0.1) is 0 Å². The number of nitrogens with zero attached hydrogens (tertiary/aromatic N) is 2. The van der Waals surface area contributed by atoms with Gasteiger partial charge in [-0.1, -0.05) is 12.1 Å². The molecule has 2 rings (SSSR count). The van der Waals surface area contributed by atoms with Crippen LogP contribution in [0.25, 0.3) is 5.69 Å². The van der Waals surface area contributed by atoms with E-state index in [1.54, 1.807) is 13.1 Å². The normalized spacial score (nSPS) is 13.4. The molecule has 0 bridgehead atoms. The molecule has 0 spiro atoms. The van der Waals surface area contributed by atoms with Gasteiger partial charge in [-0.25, -0.2) is 9.78 Å². The summed E-state index contributed by atoms with van der Waals surface area (Å²) in [6.45, 7) is 6.04. The second kappa shape index (κ2) is 7.78. The number of imidazole rings is 1. The number of amides is 2. The molecule has 2 atom stereocenters. The molecular weight excluding hydrogens is 292 g/mol. The van der Waals surface area contributed by atoms with E-state index in [9.17, 15) is 9.90 Å². The van der Waals surface area contributed by atoms with Crippen molar-refractivity contribution in [3.05, 3.63) is 48.0 Å². The van der Waals surface area contributed by atoms with Gasteiger partial charge in [0.1, 0.15) is 5.82 Å². The van der Waals surface area contributed by atoms with Gasteiger partial charge in [0.2, 0.25) is 0 Å². The lowest BCUT2D eigenvalue weighted by molar-refractivity contribution is 0.183. The van der Waals surface area contributed by atoms with Crippen LogP contribution >= 0.6 is 0 Å². The molecule has 0 fully saturated rings. The Labute approximate surface area is 136 Å². The minimum absolute atomic E-state index is 0.0977. The SMILES string of the molecule is Cc1nccn1-c1ccc(C(C)NC(=O)NCCC(C)O)cc1. The van der Waals surface area contributed by atoms with Crippen molar-refractivity contribution in [2.45, 2.75) is 39.3 Å². The first-order valence-corrected chi connectivity index (χ1v) is 7.80. The van der Waals surface area contributed by atoms with Gasteiger partial charge in [0, 0.05) is 24.6 Å². The number of urea groups is 1. The van der Waals surface area contributed by atoms with Crippen molar-refractivity contribution in [1.29, 1.82) is 0 Å². The topological polar surface area (TPSA) is 79.2 Å². The van der Waals surface area contributed by atoms with E-state index in [4.69, 9.17) is 0 Å². The van der Waals surface area contributed by atoms with Crippen LogP contribution in [0, 0.1) is 6.92 Å². The van der Waals surface area contributed by atoms with Crippen molar-refractivity contribution < 1.29 is 9.90 Å². The number of carbonyl (C=O) groups excluding carboxylic acids is 1. The third-order valence-corrected chi connectivity index (χ3v) is 3.69. The summed E-state index contributed by atoms with van der Waals surface area (Å²) < 4.78 is 2.00. The number of hydrogen-bond acceptors (Lipinski definition) is 3. The van der Waals surface area contributed by atoms with E-state index in [-0.39, 0.29) is 12.1 Å². The number of carbonyl (C=O) groups is 1. The molecule has 2 unspecified atom stereocenters. The number of aryl methyl sites for hydroxylation is 1. The molecule has 0 aliphatic heterocycles. The second-order valence-corrected chi connectivity index (χ2v) is 5.70. The lowest BCUT2D eigenvalue weighted by atomic mass is 10.1. The maximum absolute atomic E-state index is 11.8. The summed E-state index contributed by atoms with van der Waals surface area (Å²) in [7, 11) is 0. The quantitative estimate of drug-likeness (QED) is 0.765. The second-order valence-electron chi connectivity index (χ2n) is 5.70. The van der Waals surface area contributed by atoms with Crippen LogP contribution in [0.1, 0.15) is 37.7 Å². The highest BCUT2D eigenvalue weighted by atomic mass is 16.3. The van der Waals surface area contributed by atoms with E-state index in [1.807, 2.05) is 48.9 Å². The molecule has 3 N–H and O–H groups in total. The highest BCUT2D eigenvalue weighted by Crippen LogP contribution is 2.16. The maximum Gasteiger partial charge on any atom is 0.315 e. The van der Waals surface area contributed by atoms with E-state index >= 15 is 0 Å². The molecule has 6 heteroatoms. The molecule has 0 radical (unpaired) electrons. The van der Waals surface area contributed by atoms with Gasteiger partial charge in [-0.2, -0.15) is 0 Å². The zero-order valence-electron chi connectivity index (χ0n) is 13.8. The molecular formula is C17H24N4O2. The third kappa shape index (κ3) is 4.82. The summed E-state index contributed by atoms with van der Waals surface area (Å²) in [5.74, 6) is 0.932. The van der Waals surface area contributed by atoms with Gasteiger partial charge in [-0.3, -0.25) is 0 Å². The van der Waals surface area contributed by atoms with E-state index in [0.717, 1.165) is 17.1 Å². The van der Waals surface area contributed by atoms with E-state index in [2.05, 4.69) is 15.6 Å². The lowest BCUT2D eigenvalue weighted by Gasteiger charge is -2.16. The van der Waals surface area contributed by atoms with Crippen LogP contribution in [-0.2, 0) is 0 Å². The van der Waals surface area contributed by atoms with Crippen LogP contribution in [0.5, 0.6) is 0 Å².